The molecule has 0 saturated heterocycles. The normalized spacial score (nSPS) is 17.8. The molecule has 150 valence electrons. The van der Waals surface area contributed by atoms with Crippen LogP contribution in [0.5, 0.6) is 0 Å². The maximum absolute atomic E-state index is 11.2. The lowest BCUT2D eigenvalue weighted by atomic mass is 10.1. The molecule has 1 unspecified atom stereocenters. The Labute approximate surface area is 173 Å². The van der Waals surface area contributed by atoms with Crippen LogP contribution in [-0.2, 0) is 4.79 Å². The van der Waals surface area contributed by atoms with E-state index in [1.54, 1.807) is 11.9 Å². The van der Waals surface area contributed by atoms with E-state index in [1.165, 1.54) is 6.92 Å². The zero-order valence-electron chi connectivity index (χ0n) is 16.6. The second-order valence-electron chi connectivity index (χ2n) is 7.21. The summed E-state index contributed by atoms with van der Waals surface area (Å²) in [5.41, 5.74) is 1.88. The summed E-state index contributed by atoms with van der Waals surface area (Å²) < 4.78 is 2.14. The molecule has 4 N–H and O–H groups in total. The highest BCUT2D eigenvalue weighted by Crippen LogP contribution is 2.26. The molecule has 2 aromatic rings. The second-order valence-corrected chi connectivity index (χ2v) is 8.33. The number of carbonyl (C=O) groups excluding carboxylic acids is 1. The van der Waals surface area contributed by atoms with Crippen molar-refractivity contribution in [3.8, 4) is 0 Å². The summed E-state index contributed by atoms with van der Waals surface area (Å²) in [4.78, 5) is 17.9. The van der Waals surface area contributed by atoms with Crippen molar-refractivity contribution in [3.05, 3.63) is 60.4 Å². The Balaban J connectivity index is 1.50. The second kappa shape index (κ2) is 8.14. The number of rotatable bonds is 6. The minimum atomic E-state index is -0.0751. The van der Waals surface area contributed by atoms with Gasteiger partial charge < -0.3 is 5.32 Å². The summed E-state index contributed by atoms with van der Waals surface area (Å²) in [5.74, 6) is 3.10. The SMILES string of the molecule is CC(=O)Nc1ccc(SN2C=C(Nc3cc(C(C)C)[nH]n3)[NH+]3C=CN=C3C2)cc1. The molecular formula is C20H24N7OS+. The largest absolute Gasteiger partial charge is 0.326 e. The summed E-state index contributed by atoms with van der Waals surface area (Å²) in [6.07, 6.45) is 5.94. The molecule has 2 aliphatic heterocycles. The smallest absolute Gasteiger partial charge is 0.233 e. The molecule has 0 spiro atoms. The van der Waals surface area contributed by atoms with Gasteiger partial charge in [0.25, 0.3) is 0 Å². The first-order valence-corrected chi connectivity index (χ1v) is 10.2. The van der Waals surface area contributed by atoms with E-state index in [4.69, 9.17) is 0 Å². The van der Waals surface area contributed by atoms with Crippen LogP contribution in [0.25, 0.3) is 0 Å². The van der Waals surface area contributed by atoms with E-state index >= 15 is 0 Å². The number of aromatic amines is 1. The number of carbonyl (C=O) groups is 1. The topological polar surface area (TPSA) is 89.9 Å². The first-order valence-electron chi connectivity index (χ1n) is 9.45. The maximum Gasteiger partial charge on any atom is 0.233 e. The van der Waals surface area contributed by atoms with Crippen molar-refractivity contribution in [2.45, 2.75) is 31.6 Å². The Bertz CT molecular complexity index is 991. The zero-order valence-corrected chi connectivity index (χ0v) is 17.4. The maximum atomic E-state index is 11.2. The van der Waals surface area contributed by atoms with E-state index in [2.05, 4.69) is 50.2 Å². The molecule has 1 aromatic carbocycles. The highest BCUT2D eigenvalue weighted by molar-refractivity contribution is 7.97. The standard InChI is InChI=1S/C20H23N7OS/c1-13(2)17-10-18(25-24-17)23-20-12-26(11-19-21-8-9-27(19)20)29-16-6-4-15(5-7-16)22-14(3)28/h4-10,12-13H,11H2,1-3H3,(H,22,28)(H2,23,24,25)/p+1. The number of H-pyrrole nitrogens is 1. The molecular weight excluding hydrogens is 386 g/mol. The zero-order chi connectivity index (χ0) is 20.4. The predicted octanol–water partition coefficient (Wildman–Crippen LogP) is 2.49. The van der Waals surface area contributed by atoms with Crippen LogP contribution >= 0.6 is 11.9 Å². The molecule has 8 nitrogen and oxygen atoms in total. The van der Waals surface area contributed by atoms with E-state index in [0.717, 1.165) is 38.7 Å². The van der Waals surface area contributed by atoms with Gasteiger partial charge in [0.05, 0.1) is 12.4 Å². The molecule has 2 aliphatic rings. The molecule has 9 heteroatoms. The van der Waals surface area contributed by atoms with Gasteiger partial charge in [-0.05, 0) is 42.1 Å². The number of aliphatic imine (C=N–C) groups is 1. The lowest BCUT2D eigenvalue weighted by molar-refractivity contribution is -0.699. The average molecular weight is 411 g/mol. The van der Waals surface area contributed by atoms with Gasteiger partial charge in [0.15, 0.2) is 5.82 Å². The summed E-state index contributed by atoms with van der Waals surface area (Å²) in [5, 5.41) is 13.7. The first-order chi connectivity index (χ1) is 14.0. The van der Waals surface area contributed by atoms with Crippen molar-refractivity contribution in [1.82, 2.24) is 14.5 Å². The number of amidine groups is 1. The third-order valence-corrected chi connectivity index (χ3v) is 5.48. The molecule has 29 heavy (non-hydrogen) atoms. The van der Waals surface area contributed by atoms with Gasteiger partial charge in [0.1, 0.15) is 12.7 Å². The third-order valence-electron chi connectivity index (χ3n) is 4.53. The van der Waals surface area contributed by atoms with Crippen molar-refractivity contribution in [2.24, 2.45) is 4.99 Å². The number of quaternary nitrogens is 1. The minimum Gasteiger partial charge on any atom is -0.326 e. The Morgan fingerprint density at radius 3 is 2.79 bits per heavy atom. The molecule has 0 fully saturated rings. The molecule has 1 atom stereocenters. The highest BCUT2D eigenvalue weighted by Gasteiger charge is 2.32. The number of aromatic nitrogens is 2. The van der Waals surface area contributed by atoms with Gasteiger partial charge in [-0.2, -0.15) is 5.10 Å². The van der Waals surface area contributed by atoms with Crippen LogP contribution < -0.4 is 15.5 Å². The molecule has 1 amide bonds. The average Bonchev–Trinajstić information content (AvgIpc) is 3.32. The van der Waals surface area contributed by atoms with Crippen LogP contribution in [0.4, 0.5) is 11.5 Å². The summed E-state index contributed by atoms with van der Waals surface area (Å²) in [6, 6.07) is 9.83. The van der Waals surface area contributed by atoms with E-state index in [0.29, 0.717) is 12.5 Å². The molecule has 0 bridgehead atoms. The molecule has 1 aromatic heterocycles. The van der Waals surface area contributed by atoms with Crippen LogP contribution in [0.3, 0.4) is 0 Å². The molecule has 0 radical (unpaired) electrons. The van der Waals surface area contributed by atoms with Gasteiger partial charge in [0.2, 0.25) is 17.6 Å². The van der Waals surface area contributed by atoms with Crippen LogP contribution in [-0.4, -0.2) is 32.8 Å². The van der Waals surface area contributed by atoms with Crippen molar-refractivity contribution >= 4 is 35.2 Å². The van der Waals surface area contributed by atoms with Crippen molar-refractivity contribution in [1.29, 1.82) is 0 Å². The van der Waals surface area contributed by atoms with Crippen LogP contribution in [0.1, 0.15) is 32.4 Å². The summed E-state index contributed by atoms with van der Waals surface area (Å²) in [6.45, 7) is 6.48. The van der Waals surface area contributed by atoms with Gasteiger partial charge in [-0.3, -0.25) is 19.5 Å². The number of amides is 1. The van der Waals surface area contributed by atoms with Gasteiger partial charge in [-0.15, -0.1) is 0 Å². The lowest BCUT2D eigenvalue weighted by Crippen LogP contribution is -3.10. The number of nitrogens with zero attached hydrogens (tertiary/aromatic N) is 3. The Morgan fingerprint density at radius 1 is 1.31 bits per heavy atom. The van der Waals surface area contributed by atoms with Gasteiger partial charge in [-0.25, -0.2) is 9.89 Å². The first kappa shape index (κ1) is 19.3. The Hall–Kier alpha value is -3.04. The number of hydrogen-bond donors (Lipinski definition) is 4. The fraction of sp³-hybridized carbons (Fsp3) is 0.250. The van der Waals surface area contributed by atoms with E-state index in [1.807, 2.05) is 42.7 Å². The number of anilines is 2. The van der Waals surface area contributed by atoms with Crippen LogP contribution in [0.15, 0.2) is 64.6 Å². The van der Waals surface area contributed by atoms with Crippen molar-refractivity contribution in [2.75, 3.05) is 17.2 Å². The van der Waals surface area contributed by atoms with Crippen LogP contribution in [0, 0.1) is 0 Å². The summed E-state index contributed by atoms with van der Waals surface area (Å²) in [7, 11) is 0. The fourth-order valence-electron chi connectivity index (χ4n) is 3.08. The lowest BCUT2D eigenvalue weighted by Gasteiger charge is -2.27. The predicted molar refractivity (Wildman–Crippen MR) is 115 cm³/mol. The number of nitrogens with one attached hydrogen (secondary N) is 4. The monoisotopic (exact) mass is 410 g/mol. The minimum absolute atomic E-state index is 0.0751. The van der Waals surface area contributed by atoms with E-state index in [-0.39, 0.29) is 5.91 Å². The molecule has 3 heterocycles. The highest BCUT2D eigenvalue weighted by atomic mass is 32.2. The van der Waals surface area contributed by atoms with Crippen molar-refractivity contribution < 1.29 is 9.69 Å². The Morgan fingerprint density at radius 2 is 2.10 bits per heavy atom. The Kier molecular flexibility index (Phi) is 5.41. The van der Waals surface area contributed by atoms with Gasteiger partial charge >= 0.3 is 0 Å². The third kappa shape index (κ3) is 4.52. The summed E-state index contributed by atoms with van der Waals surface area (Å²) >= 11 is 1.62. The quantitative estimate of drug-likeness (QED) is 0.550. The van der Waals surface area contributed by atoms with Gasteiger partial charge in [-0.1, -0.05) is 13.8 Å². The van der Waals surface area contributed by atoms with E-state index < -0.39 is 0 Å². The van der Waals surface area contributed by atoms with Crippen molar-refractivity contribution in [3.63, 3.8) is 0 Å². The number of fused-ring (bicyclic) bond motifs is 1. The molecule has 4 rings (SSSR count). The molecule has 0 aliphatic carbocycles. The number of hydrogen-bond acceptors (Lipinski definition) is 6. The van der Waals surface area contributed by atoms with Crippen LogP contribution in [0.2, 0.25) is 0 Å². The fourth-order valence-corrected chi connectivity index (χ4v) is 3.95. The number of benzene rings is 1. The van der Waals surface area contributed by atoms with Gasteiger partial charge in [0, 0.05) is 29.3 Å². The molecule has 0 saturated carbocycles. The van der Waals surface area contributed by atoms with E-state index in [9.17, 15) is 4.79 Å².